The van der Waals surface area contributed by atoms with Gasteiger partial charge in [0.15, 0.2) is 5.82 Å². The maximum absolute atomic E-state index is 11.4. The number of benzene rings is 1. The zero-order valence-corrected chi connectivity index (χ0v) is 9.73. The Morgan fingerprint density at radius 1 is 1.41 bits per heavy atom. The van der Waals surface area contributed by atoms with E-state index in [2.05, 4.69) is 15.5 Å². The van der Waals surface area contributed by atoms with Crippen molar-refractivity contribution in [1.82, 2.24) is 10.1 Å². The molecular formula is C12H13N3O2. The number of amides is 1. The van der Waals surface area contributed by atoms with E-state index in [1.165, 1.54) is 0 Å². The van der Waals surface area contributed by atoms with Crippen LogP contribution < -0.4 is 5.32 Å². The molecule has 0 fully saturated rings. The Kier molecular flexibility index (Phi) is 3.18. The molecule has 0 unspecified atom stereocenters. The predicted molar refractivity (Wildman–Crippen MR) is 63.4 cm³/mol. The van der Waals surface area contributed by atoms with Crippen LogP contribution in [0.5, 0.6) is 0 Å². The smallest absolute Gasteiger partial charge is 0.260 e. The van der Waals surface area contributed by atoms with Crippen molar-refractivity contribution in [3.05, 3.63) is 30.1 Å². The standard InChI is InChI=1S/C12H13N3O2/c1-3-11(16)14-10-7-5-4-6-9(10)12-13-8(2)15-17-12/h4-7H,3H2,1-2H3,(H,14,16). The van der Waals surface area contributed by atoms with Crippen molar-refractivity contribution in [2.45, 2.75) is 20.3 Å². The molecule has 0 aliphatic rings. The van der Waals surface area contributed by atoms with Crippen LogP contribution in [0, 0.1) is 6.92 Å². The summed E-state index contributed by atoms with van der Waals surface area (Å²) in [4.78, 5) is 15.5. The van der Waals surface area contributed by atoms with Gasteiger partial charge in [0, 0.05) is 6.42 Å². The molecule has 1 N–H and O–H groups in total. The first-order chi connectivity index (χ1) is 8.20. The highest BCUT2D eigenvalue weighted by Gasteiger charge is 2.12. The third-order valence-corrected chi connectivity index (χ3v) is 2.28. The van der Waals surface area contributed by atoms with E-state index in [-0.39, 0.29) is 5.91 Å². The third kappa shape index (κ3) is 2.50. The Morgan fingerprint density at radius 3 is 2.82 bits per heavy atom. The molecule has 1 aromatic carbocycles. The highest BCUT2D eigenvalue weighted by Crippen LogP contribution is 2.26. The molecule has 0 atom stereocenters. The lowest BCUT2D eigenvalue weighted by Crippen LogP contribution is -2.10. The van der Waals surface area contributed by atoms with Crippen molar-refractivity contribution in [2.24, 2.45) is 0 Å². The molecule has 17 heavy (non-hydrogen) atoms. The van der Waals surface area contributed by atoms with Crippen LogP contribution in [0.3, 0.4) is 0 Å². The van der Waals surface area contributed by atoms with Gasteiger partial charge in [-0.1, -0.05) is 24.2 Å². The minimum absolute atomic E-state index is 0.0475. The first kappa shape index (κ1) is 11.3. The van der Waals surface area contributed by atoms with Crippen LogP contribution in [0.4, 0.5) is 5.69 Å². The van der Waals surface area contributed by atoms with Crippen LogP contribution in [-0.4, -0.2) is 16.0 Å². The number of anilines is 1. The number of carbonyl (C=O) groups is 1. The van der Waals surface area contributed by atoms with Gasteiger partial charge in [-0.25, -0.2) is 0 Å². The second-order valence-electron chi connectivity index (χ2n) is 3.59. The summed E-state index contributed by atoms with van der Waals surface area (Å²) in [6.45, 7) is 3.55. The zero-order chi connectivity index (χ0) is 12.3. The van der Waals surface area contributed by atoms with Crippen LogP contribution in [-0.2, 0) is 4.79 Å². The minimum atomic E-state index is -0.0475. The zero-order valence-electron chi connectivity index (χ0n) is 9.73. The van der Waals surface area contributed by atoms with E-state index in [0.29, 0.717) is 23.8 Å². The molecule has 1 amide bonds. The molecule has 5 heteroatoms. The van der Waals surface area contributed by atoms with E-state index in [9.17, 15) is 4.79 Å². The quantitative estimate of drug-likeness (QED) is 0.880. The Hall–Kier alpha value is -2.17. The predicted octanol–water partition coefficient (Wildman–Crippen LogP) is 2.39. The number of nitrogens with zero attached hydrogens (tertiary/aromatic N) is 2. The fourth-order valence-corrected chi connectivity index (χ4v) is 1.42. The van der Waals surface area contributed by atoms with Gasteiger partial charge in [-0.2, -0.15) is 4.98 Å². The second kappa shape index (κ2) is 4.78. The monoisotopic (exact) mass is 231 g/mol. The van der Waals surface area contributed by atoms with E-state index in [1.54, 1.807) is 13.8 Å². The van der Waals surface area contributed by atoms with Crippen LogP contribution >= 0.6 is 0 Å². The Bertz CT molecular complexity index is 534. The van der Waals surface area contributed by atoms with Crippen molar-refractivity contribution >= 4 is 11.6 Å². The molecule has 1 heterocycles. The van der Waals surface area contributed by atoms with Crippen LogP contribution in [0.2, 0.25) is 0 Å². The summed E-state index contributed by atoms with van der Waals surface area (Å²) < 4.78 is 5.09. The van der Waals surface area contributed by atoms with Gasteiger partial charge >= 0.3 is 0 Å². The van der Waals surface area contributed by atoms with Gasteiger partial charge < -0.3 is 9.84 Å². The molecular weight excluding hydrogens is 218 g/mol. The van der Waals surface area contributed by atoms with Crippen molar-refractivity contribution in [3.63, 3.8) is 0 Å². The number of hydrogen-bond acceptors (Lipinski definition) is 4. The van der Waals surface area contributed by atoms with Gasteiger partial charge in [0.1, 0.15) is 0 Å². The molecule has 2 rings (SSSR count). The van der Waals surface area contributed by atoms with Gasteiger partial charge in [-0.05, 0) is 19.1 Å². The lowest BCUT2D eigenvalue weighted by Gasteiger charge is -2.06. The molecule has 2 aromatic rings. The van der Waals surface area contributed by atoms with E-state index in [0.717, 1.165) is 5.56 Å². The van der Waals surface area contributed by atoms with Crippen LogP contribution in [0.25, 0.3) is 11.5 Å². The van der Waals surface area contributed by atoms with Crippen LogP contribution in [0.15, 0.2) is 28.8 Å². The second-order valence-corrected chi connectivity index (χ2v) is 3.59. The summed E-state index contributed by atoms with van der Waals surface area (Å²) in [7, 11) is 0. The van der Waals surface area contributed by atoms with Crippen molar-refractivity contribution < 1.29 is 9.32 Å². The number of para-hydroxylation sites is 1. The summed E-state index contributed by atoms with van der Waals surface area (Å²) >= 11 is 0. The lowest BCUT2D eigenvalue weighted by molar-refractivity contribution is -0.115. The Morgan fingerprint density at radius 2 is 2.18 bits per heavy atom. The topological polar surface area (TPSA) is 68.0 Å². The molecule has 0 bridgehead atoms. The maximum atomic E-state index is 11.4. The molecule has 88 valence electrons. The Labute approximate surface area is 98.8 Å². The molecule has 0 radical (unpaired) electrons. The SMILES string of the molecule is CCC(=O)Nc1ccccc1-c1nc(C)no1. The van der Waals surface area contributed by atoms with E-state index in [4.69, 9.17) is 4.52 Å². The van der Waals surface area contributed by atoms with Gasteiger partial charge in [0.2, 0.25) is 5.91 Å². The summed E-state index contributed by atoms with van der Waals surface area (Å²) in [5, 5.41) is 6.54. The number of aryl methyl sites for hydroxylation is 1. The largest absolute Gasteiger partial charge is 0.334 e. The van der Waals surface area contributed by atoms with E-state index >= 15 is 0 Å². The first-order valence-electron chi connectivity index (χ1n) is 5.40. The Balaban J connectivity index is 2.37. The summed E-state index contributed by atoms with van der Waals surface area (Å²) in [6.07, 6.45) is 0.428. The molecule has 5 nitrogen and oxygen atoms in total. The van der Waals surface area contributed by atoms with Gasteiger partial charge in [0.05, 0.1) is 11.3 Å². The molecule has 1 aromatic heterocycles. The summed E-state index contributed by atoms with van der Waals surface area (Å²) in [5.41, 5.74) is 1.41. The number of carbonyl (C=O) groups excluding carboxylic acids is 1. The average Bonchev–Trinajstić information content (AvgIpc) is 2.76. The van der Waals surface area contributed by atoms with Crippen molar-refractivity contribution in [1.29, 1.82) is 0 Å². The summed E-state index contributed by atoms with van der Waals surface area (Å²) in [6, 6.07) is 7.34. The molecule has 0 spiro atoms. The van der Waals surface area contributed by atoms with Gasteiger partial charge in [-0.3, -0.25) is 4.79 Å². The van der Waals surface area contributed by atoms with E-state index in [1.807, 2.05) is 24.3 Å². The summed E-state index contributed by atoms with van der Waals surface area (Å²) in [5.74, 6) is 0.930. The molecule has 0 aliphatic carbocycles. The molecule has 0 saturated carbocycles. The minimum Gasteiger partial charge on any atom is -0.334 e. The number of nitrogens with one attached hydrogen (secondary N) is 1. The fraction of sp³-hybridized carbons (Fsp3) is 0.250. The average molecular weight is 231 g/mol. The normalized spacial score (nSPS) is 10.2. The number of aromatic nitrogens is 2. The van der Waals surface area contributed by atoms with Gasteiger partial charge in [0.25, 0.3) is 5.89 Å². The van der Waals surface area contributed by atoms with Crippen LogP contribution in [0.1, 0.15) is 19.2 Å². The van der Waals surface area contributed by atoms with Crippen molar-refractivity contribution in [2.75, 3.05) is 5.32 Å². The number of hydrogen-bond donors (Lipinski definition) is 1. The lowest BCUT2D eigenvalue weighted by atomic mass is 10.1. The van der Waals surface area contributed by atoms with Crippen molar-refractivity contribution in [3.8, 4) is 11.5 Å². The first-order valence-corrected chi connectivity index (χ1v) is 5.40. The van der Waals surface area contributed by atoms with Gasteiger partial charge in [-0.15, -0.1) is 0 Å². The maximum Gasteiger partial charge on any atom is 0.260 e. The third-order valence-electron chi connectivity index (χ3n) is 2.28. The highest BCUT2D eigenvalue weighted by molar-refractivity contribution is 5.94. The van der Waals surface area contributed by atoms with E-state index < -0.39 is 0 Å². The molecule has 0 saturated heterocycles. The fourth-order valence-electron chi connectivity index (χ4n) is 1.42. The highest BCUT2D eigenvalue weighted by atomic mass is 16.5. The number of rotatable bonds is 3. The molecule has 0 aliphatic heterocycles.